The number of aromatic nitrogens is 1. The number of benzene rings is 4. The molecule has 1 aromatic heterocycles. The number of thiazole rings is 1. The average molecular weight is 494 g/mol. The van der Waals surface area contributed by atoms with Crippen LogP contribution in [0.15, 0.2) is 94.3 Å². The Morgan fingerprint density at radius 3 is 2.66 bits per heavy atom. The van der Waals surface area contributed by atoms with Crippen LogP contribution in [-0.2, 0) is 12.2 Å². The Labute approximate surface area is 210 Å². The molecule has 0 unspecified atom stereocenters. The molecule has 35 heavy (non-hydrogen) atoms. The zero-order chi connectivity index (χ0) is 23.8. The Hall–Kier alpha value is -3.81. The fraction of sp³-hybridized carbons (Fsp3) is 0.0714. The topological polar surface area (TPSA) is 68.4 Å². The summed E-state index contributed by atoms with van der Waals surface area (Å²) in [6, 6.07) is 27.8. The lowest BCUT2D eigenvalue weighted by Gasteiger charge is -2.04. The van der Waals surface area contributed by atoms with Gasteiger partial charge in [0.1, 0.15) is 0 Å². The highest BCUT2D eigenvalue weighted by Crippen LogP contribution is 2.38. The predicted molar refractivity (Wildman–Crippen MR) is 144 cm³/mol. The summed E-state index contributed by atoms with van der Waals surface area (Å²) in [5.41, 5.74) is 9.53. The van der Waals surface area contributed by atoms with Gasteiger partial charge in [0.15, 0.2) is 4.34 Å². The van der Waals surface area contributed by atoms with E-state index in [1.807, 2.05) is 18.2 Å². The van der Waals surface area contributed by atoms with Crippen LogP contribution in [0.1, 0.15) is 22.3 Å². The summed E-state index contributed by atoms with van der Waals surface area (Å²) >= 11 is 3.44. The highest BCUT2D eigenvalue weighted by atomic mass is 32.2. The summed E-state index contributed by atoms with van der Waals surface area (Å²) in [4.78, 5) is 19.7. The normalized spacial score (nSPS) is 12.2. The fourth-order valence-electron chi connectivity index (χ4n) is 4.30. The first kappa shape index (κ1) is 21.7. The van der Waals surface area contributed by atoms with E-state index in [0.717, 1.165) is 38.0 Å². The molecule has 0 saturated carbocycles. The van der Waals surface area contributed by atoms with Crippen molar-refractivity contribution < 1.29 is 4.92 Å². The van der Waals surface area contributed by atoms with E-state index in [9.17, 15) is 10.1 Å². The van der Waals surface area contributed by atoms with Crippen molar-refractivity contribution in [1.29, 1.82) is 0 Å². The lowest BCUT2D eigenvalue weighted by atomic mass is 10.0. The van der Waals surface area contributed by atoms with Crippen molar-refractivity contribution >= 4 is 50.9 Å². The number of hydrogen-bond acceptors (Lipinski definition) is 6. The van der Waals surface area contributed by atoms with Gasteiger partial charge in [0, 0.05) is 24.1 Å². The van der Waals surface area contributed by atoms with Gasteiger partial charge in [0.25, 0.3) is 5.69 Å². The maximum Gasteiger partial charge on any atom is 0.269 e. The molecule has 0 aliphatic heterocycles. The van der Waals surface area contributed by atoms with E-state index < -0.39 is 4.92 Å². The third kappa shape index (κ3) is 4.48. The number of non-ortho nitro benzene ring substituents is 1. The Morgan fingerprint density at radius 2 is 1.80 bits per heavy atom. The third-order valence-electron chi connectivity index (χ3n) is 6.04. The Balaban J connectivity index is 1.14. The second kappa shape index (κ2) is 9.09. The maximum atomic E-state index is 10.8. The van der Waals surface area contributed by atoms with Crippen LogP contribution in [0.25, 0.3) is 21.3 Å². The molecule has 170 valence electrons. The number of nitro benzene ring substituents is 1. The van der Waals surface area contributed by atoms with Gasteiger partial charge in [-0.25, -0.2) is 4.98 Å². The number of nitrogens with zero attached hydrogens (tertiary/aromatic N) is 3. The van der Waals surface area contributed by atoms with Gasteiger partial charge >= 0.3 is 0 Å². The molecule has 0 bridgehead atoms. The van der Waals surface area contributed by atoms with Crippen LogP contribution in [-0.4, -0.2) is 16.1 Å². The third-order valence-corrected chi connectivity index (χ3v) is 8.27. The number of aliphatic imine (C=N–C) groups is 1. The van der Waals surface area contributed by atoms with Crippen molar-refractivity contribution in [2.75, 3.05) is 0 Å². The molecular weight excluding hydrogens is 474 g/mol. The number of nitro groups is 1. The van der Waals surface area contributed by atoms with Gasteiger partial charge in [-0.15, -0.1) is 11.3 Å². The lowest BCUT2D eigenvalue weighted by Crippen LogP contribution is -1.88. The summed E-state index contributed by atoms with van der Waals surface area (Å²) in [7, 11) is 0. The Kier molecular flexibility index (Phi) is 5.64. The zero-order valence-corrected chi connectivity index (χ0v) is 20.2. The summed E-state index contributed by atoms with van der Waals surface area (Å²) in [6.07, 6.45) is 2.72. The fourth-order valence-corrected chi connectivity index (χ4v) is 6.34. The molecule has 4 aromatic carbocycles. The van der Waals surface area contributed by atoms with Crippen molar-refractivity contribution in [1.82, 2.24) is 4.98 Å². The molecule has 0 spiro atoms. The molecule has 5 nitrogen and oxygen atoms in total. The minimum atomic E-state index is -0.405. The first-order valence-electron chi connectivity index (χ1n) is 11.1. The van der Waals surface area contributed by atoms with E-state index in [1.165, 1.54) is 39.9 Å². The molecule has 0 saturated heterocycles. The summed E-state index contributed by atoms with van der Waals surface area (Å²) in [5.74, 6) is 0.884. The van der Waals surface area contributed by atoms with Crippen molar-refractivity contribution in [3.8, 4) is 11.1 Å². The van der Waals surface area contributed by atoms with Gasteiger partial charge in [-0.2, -0.15) is 0 Å². The van der Waals surface area contributed by atoms with E-state index in [4.69, 9.17) is 4.98 Å². The SMILES string of the molecule is O=[N+]([O-])c1ccc(C=Nc2ccc3nc(SCc4ccc5c(c4)Cc4ccccc4-5)sc3c2)cc1. The predicted octanol–water partition coefficient (Wildman–Crippen LogP) is 7.82. The quantitative estimate of drug-likeness (QED) is 0.103. The molecule has 1 aliphatic rings. The van der Waals surface area contributed by atoms with Crippen LogP contribution in [0.3, 0.4) is 0 Å². The first-order chi connectivity index (χ1) is 17.1. The summed E-state index contributed by atoms with van der Waals surface area (Å²) in [6.45, 7) is 0. The minimum Gasteiger partial charge on any atom is -0.258 e. The molecule has 5 aromatic rings. The highest BCUT2D eigenvalue weighted by Gasteiger charge is 2.18. The van der Waals surface area contributed by atoms with E-state index in [-0.39, 0.29) is 5.69 Å². The van der Waals surface area contributed by atoms with Crippen molar-refractivity contribution in [2.24, 2.45) is 4.99 Å². The number of thioether (sulfide) groups is 1. The van der Waals surface area contributed by atoms with Crippen LogP contribution in [0, 0.1) is 10.1 Å². The van der Waals surface area contributed by atoms with Gasteiger partial charge in [0.05, 0.1) is 20.8 Å². The van der Waals surface area contributed by atoms with Gasteiger partial charge in [-0.3, -0.25) is 15.1 Å². The molecule has 7 heteroatoms. The molecule has 0 N–H and O–H groups in total. The van der Waals surface area contributed by atoms with Crippen LogP contribution in [0.2, 0.25) is 0 Å². The van der Waals surface area contributed by atoms with Crippen molar-refractivity contribution in [2.45, 2.75) is 16.5 Å². The molecule has 1 aliphatic carbocycles. The molecular formula is C28H19N3O2S2. The largest absolute Gasteiger partial charge is 0.269 e. The zero-order valence-electron chi connectivity index (χ0n) is 18.5. The Morgan fingerprint density at radius 1 is 0.971 bits per heavy atom. The molecule has 0 fully saturated rings. The number of hydrogen-bond donors (Lipinski definition) is 0. The van der Waals surface area contributed by atoms with Crippen molar-refractivity contribution in [3.63, 3.8) is 0 Å². The molecule has 1 heterocycles. The maximum absolute atomic E-state index is 10.8. The molecule has 0 radical (unpaired) electrons. The first-order valence-corrected chi connectivity index (χ1v) is 12.9. The van der Waals surface area contributed by atoms with E-state index in [2.05, 4.69) is 47.5 Å². The van der Waals surface area contributed by atoms with E-state index in [0.29, 0.717) is 0 Å². The molecule has 0 atom stereocenters. The van der Waals surface area contributed by atoms with Crippen LogP contribution in [0.5, 0.6) is 0 Å². The number of fused-ring (bicyclic) bond motifs is 4. The Bertz CT molecular complexity index is 1610. The standard InChI is InChI=1S/C28H19N3O2S2/c32-31(33)23-9-5-18(6-10-23)16-29-22-8-12-26-27(15-22)35-28(30-26)34-17-19-7-11-25-21(13-19)14-20-3-1-2-4-24(20)25/h1-13,15-16H,14,17H2. The average Bonchev–Trinajstić information content (AvgIpc) is 3.46. The second-order valence-electron chi connectivity index (χ2n) is 8.35. The summed E-state index contributed by atoms with van der Waals surface area (Å²) in [5, 5.41) is 10.8. The van der Waals surface area contributed by atoms with Crippen LogP contribution >= 0.6 is 23.1 Å². The number of rotatable bonds is 6. The van der Waals surface area contributed by atoms with Gasteiger partial charge in [-0.1, -0.05) is 54.2 Å². The van der Waals surface area contributed by atoms with Crippen LogP contribution in [0.4, 0.5) is 11.4 Å². The van der Waals surface area contributed by atoms with E-state index >= 15 is 0 Å². The molecule has 6 rings (SSSR count). The highest BCUT2D eigenvalue weighted by molar-refractivity contribution is 8.00. The monoisotopic (exact) mass is 493 g/mol. The van der Waals surface area contributed by atoms with Crippen molar-refractivity contribution in [3.05, 3.63) is 117 Å². The lowest BCUT2D eigenvalue weighted by molar-refractivity contribution is -0.384. The molecule has 0 amide bonds. The van der Waals surface area contributed by atoms with Gasteiger partial charge in [-0.05, 0) is 70.1 Å². The van der Waals surface area contributed by atoms with Gasteiger partial charge < -0.3 is 0 Å². The summed E-state index contributed by atoms with van der Waals surface area (Å²) < 4.78 is 2.13. The van der Waals surface area contributed by atoms with E-state index in [1.54, 1.807) is 41.4 Å². The van der Waals surface area contributed by atoms with Gasteiger partial charge in [0.2, 0.25) is 0 Å². The van der Waals surface area contributed by atoms with Crippen LogP contribution < -0.4 is 0 Å². The smallest absolute Gasteiger partial charge is 0.258 e. The second-order valence-corrected chi connectivity index (χ2v) is 10.6. The minimum absolute atomic E-state index is 0.0724.